The zero-order valence-electron chi connectivity index (χ0n) is 11.4. The van der Waals surface area contributed by atoms with E-state index < -0.39 is 0 Å². The molecule has 0 heterocycles. The lowest BCUT2D eigenvalue weighted by atomic mass is 10.1. The van der Waals surface area contributed by atoms with Crippen molar-refractivity contribution in [1.82, 2.24) is 4.90 Å². The number of rotatable bonds is 4. The number of nitrogens with two attached hydrogens (primary N) is 1. The van der Waals surface area contributed by atoms with E-state index in [9.17, 15) is 4.79 Å². The molecule has 19 heavy (non-hydrogen) atoms. The minimum absolute atomic E-state index is 0.103. The van der Waals surface area contributed by atoms with Crippen LogP contribution >= 0.6 is 0 Å². The summed E-state index contributed by atoms with van der Waals surface area (Å²) in [7, 11) is 0. The highest BCUT2D eigenvalue weighted by molar-refractivity contribution is 5.94. The first-order valence-electron chi connectivity index (χ1n) is 6.83. The summed E-state index contributed by atoms with van der Waals surface area (Å²) in [6.45, 7) is 4.00. The van der Waals surface area contributed by atoms with Gasteiger partial charge in [-0.2, -0.15) is 0 Å². The van der Waals surface area contributed by atoms with E-state index in [1.54, 1.807) is 0 Å². The molecule has 1 aliphatic rings. The van der Waals surface area contributed by atoms with Crippen molar-refractivity contribution in [3.05, 3.63) is 35.4 Å². The largest absolute Gasteiger partial charge is 0.339 e. The second-order valence-electron chi connectivity index (χ2n) is 4.87. The lowest BCUT2D eigenvalue weighted by molar-refractivity contribution is 0.0757. The third-order valence-corrected chi connectivity index (χ3v) is 3.29. The van der Waals surface area contributed by atoms with Gasteiger partial charge in [-0.25, -0.2) is 0 Å². The summed E-state index contributed by atoms with van der Waals surface area (Å²) in [5.74, 6) is 6.59. The van der Waals surface area contributed by atoms with Crippen molar-refractivity contribution >= 4 is 5.91 Å². The summed E-state index contributed by atoms with van der Waals surface area (Å²) < 4.78 is 0. The second kappa shape index (κ2) is 6.40. The Labute approximate surface area is 114 Å². The molecule has 1 amide bonds. The van der Waals surface area contributed by atoms with Crippen LogP contribution in [-0.2, 0) is 0 Å². The maximum absolute atomic E-state index is 12.4. The van der Waals surface area contributed by atoms with Crippen LogP contribution in [0.2, 0.25) is 0 Å². The van der Waals surface area contributed by atoms with Gasteiger partial charge in [0.05, 0.1) is 6.54 Å². The standard InChI is InChI=1S/C16H20N2O/c1-2-18(12-14-8-9-14)16(19)15-7-3-5-13(11-15)6-4-10-17/h3,5,7,11,14H,2,8-10,12,17H2,1H3. The van der Waals surface area contributed by atoms with Crippen LogP contribution in [0.1, 0.15) is 35.7 Å². The Kier molecular flexibility index (Phi) is 4.59. The molecule has 0 bridgehead atoms. The lowest BCUT2D eigenvalue weighted by Crippen LogP contribution is -2.32. The third kappa shape index (κ3) is 3.84. The molecule has 100 valence electrons. The van der Waals surface area contributed by atoms with Crippen molar-refractivity contribution in [2.45, 2.75) is 19.8 Å². The van der Waals surface area contributed by atoms with Crippen molar-refractivity contribution in [3.8, 4) is 11.8 Å². The monoisotopic (exact) mass is 256 g/mol. The molecule has 0 radical (unpaired) electrons. The zero-order valence-corrected chi connectivity index (χ0v) is 11.4. The fourth-order valence-electron chi connectivity index (χ4n) is 2.03. The third-order valence-electron chi connectivity index (χ3n) is 3.29. The number of carbonyl (C=O) groups excluding carboxylic acids is 1. The maximum Gasteiger partial charge on any atom is 0.253 e. The van der Waals surface area contributed by atoms with Crippen LogP contribution in [0.5, 0.6) is 0 Å². The number of carbonyl (C=O) groups is 1. The van der Waals surface area contributed by atoms with Gasteiger partial charge in [0.2, 0.25) is 0 Å². The van der Waals surface area contributed by atoms with Gasteiger partial charge in [0.15, 0.2) is 0 Å². The fraction of sp³-hybridized carbons (Fsp3) is 0.438. The molecule has 0 aromatic heterocycles. The van der Waals surface area contributed by atoms with Gasteiger partial charge in [-0.3, -0.25) is 4.79 Å². The summed E-state index contributed by atoms with van der Waals surface area (Å²) in [6, 6.07) is 7.47. The van der Waals surface area contributed by atoms with E-state index in [0.29, 0.717) is 18.0 Å². The van der Waals surface area contributed by atoms with E-state index in [2.05, 4.69) is 11.8 Å². The summed E-state index contributed by atoms with van der Waals surface area (Å²) >= 11 is 0. The molecular weight excluding hydrogens is 236 g/mol. The Hall–Kier alpha value is -1.79. The summed E-state index contributed by atoms with van der Waals surface area (Å²) in [4.78, 5) is 14.3. The van der Waals surface area contributed by atoms with Gasteiger partial charge in [0.1, 0.15) is 0 Å². The molecule has 1 aromatic rings. The molecule has 1 fully saturated rings. The first kappa shape index (κ1) is 13.6. The Morgan fingerprint density at radius 1 is 1.47 bits per heavy atom. The molecule has 0 unspecified atom stereocenters. The van der Waals surface area contributed by atoms with Gasteiger partial charge in [-0.15, -0.1) is 0 Å². The van der Waals surface area contributed by atoms with Crippen LogP contribution in [0, 0.1) is 17.8 Å². The SMILES string of the molecule is CCN(CC1CC1)C(=O)c1cccc(C#CCN)c1. The average Bonchev–Trinajstić information content (AvgIpc) is 3.26. The van der Waals surface area contributed by atoms with E-state index in [1.807, 2.05) is 36.1 Å². The highest BCUT2D eigenvalue weighted by Crippen LogP contribution is 2.30. The van der Waals surface area contributed by atoms with Gasteiger partial charge >= 0.3 is 0 Å². The molecule has 1 saturated carbocycles. The van der Waals surface area contributed by atoms with Gasteiger partial charge in [-0.1, -0.05) is 17.9 Å². The predicted molar refractivity (Wildman–Crippen MR) is 76.7 cm³/mol. The molecule has 0 saturated heterocycles. The maximum atomic E-state index is 12.4. The normalized spacial score (nSPS) is 13.6. The minimum Gasteiger partial charge on any atom is -0.339 e. The van der Waals surface area contributed by atoms with E-state index in [-0.39, 0.29) is 5.91 Å². The highest BCUT2D eigenvalue weighted by atomic mass is 16.2. The smallest absolute Gasteiger partial charge is 0.253 e. The Bertz CT molecular complexity index is 509. The van der Waals surface area contributed by atoms with Crippen LogP contribution in [0.3, 0.4) is 0 Å². The molecule has 0 atom stereocenters. The van der Waals surface area contributed by atoms with Crippen molar-refractivity contribution in [2.24, 2.45) is 11.7 Å². The quantitative estimate of drug-likeness (QED) is 0.836. The molecule has 0 spiro atoms. The van der Waals surface area contributed by atoms with E-state index >= 15 is 0 Å². The lowest BCUT2D eigenvalue weighted by Gasteiger charge is -2.20. The summed E-state index contributed by atoms with van der Waals surface area (Å²) in [5, 5.41) is 0. The van der Waals surface area contributed by atoms with Crippen LogP contribution in [-0.4, -0.2) is 30.4 Å². The van der Waals surface area contributed by atoms with Crippen LogP contribution in [0.15, 0.2) is 24.3 Å². The molecule has 3 heteroatoms. The first-order chi connectivity index (χ1) is 9.24. The molecule has 2 rings (SSSR count). The number of hydrogen-bond acceptors (Lipinski definition) is 2. The van der Waals surface area contributed by atoms with Crippen LogP contribution in [0.4, 0.5) is 0 Å². The van der Waals surface area contributed by atoms with Gasteiger partial charge in [0, 0.05) is 24.2 Å². The van der Waals surface area contributed by atoms with E-state index in [4.69, 9.17) is 5.73 Å². The van der Waals surface area contributed by atoms with Crippen molar-refractivity contribution < 1.29 is 4.79 Å². The van der Waals surface area contributed by atoms with Crippen molar-refractivity contribution in [2.75, 3.05) is 19.6 Å². The molecular formula is C16H20N2O. The number of amides is 1. The van der Waals surface area contributed by atoms with Gasteiger partial charge in [-0.05, 0) is 43.9 Å². The Morgan fingerprint density at radius 3 is 2.89 bits per heavy atom. The predicted octanol–water partition coefficient (Wildman–Crippen LogP) is 1.87. The first-order valence-corrected chi connectivity index (χ1v) is 6.83. The van der Waals surface area contributed by atoms with Gasteiger partial charge < -0.3 is 10.6 Å². The number of nitrogens with zero attached hydrogens (tertiary/aromatic N) is 1. The fourth-order valence-corrected chi connectivity index (χ4v) is 2.03. The van der Waals surface area contributed by atoms with Crippen LogP contribution < -0.4 is 5.73 Å². The topological polar surface area (TPSA) is 46.3 Å². The number of benzene rings is 1. The summed E-state index contributed by atoms with van der Waals surface area (Å²) in [5.41, 5.74) is 6.92. The second-order valence-corrected chi connectivity index (χ2v) is 4.87. The molecule has 0 aliphatic heterocycles. The van der Waals surface area contributed by atoms with Gasteiger partial charge in [0.25, 0.3) is 5.91 Å². The summed E-state index contributed by atoms with van der Waals surface area (Å²) in [6.07, 6.45) is 2.51. The molecule has 1 aliphatic carbocycles. The van der Waals surface area contributed by atoms with Crippen LogP contribution in [0.25, 0.3) is 0 Å². The Balaban J connectivity index is 2.12. The molecule has 3 nitrogen and oxygen atoms in total. The van der Waals surface area contributed by atoms with E-state index in [1.165, 1.54) is 12.8 Å². The molecule has 1 aromatic carbocycles. The Morgan fingerprint density at radius 2 is 2.26 bits per heavy atom. The van der Waals surface area contributed by atoms with Crippen molar-refractivity contribution in [1.29, 1.82) is 0 Å². The minimum atomic E-state index is 0.103. The molecule has 2 N–H and O–H groups in total. The average molecular weight is 256 g/mol. The number of hydrogen-bond donors (Lipinski definition) is 1. The zero-order chi connectivity index (χ0) is 13.7. The van der Waals surface area contributed by atoms with E-state index in [0.717, 1.165) is 18.7 Å². The van der Waals surface area contributed by atoms with Crippen molar-refractivity contribution in [3.63, 3.8) is 0 Å². The highest BCUT2D eigenvalue weighted by Gasteiger charge is 2.26.